The second kappa shape index (κ2) is 6.86. The molecule has 0 aliphatic heterocycles. The number of likely N-dealkylation sites (N-methyl/N-ethyl adjacent to an activating group) is 1. The molecule has 0 aliphatic rings. The van der Waals surface area contributed by atoms with E-state index < -0.39 is 0 Å². The number of nitrogens with zero attached hydrogens (tertiary/aromatic N) is 2. The zero-order chi connectivity index (χ0) is 13.6. The van der Waals surface area contributed by atoms with Crippen LogP contribution in [0.4, 0.5) is 0 Å². The average molecular weight is 249 g/mol. The second-order valence-corrected chi connectivity index (χ2v) is 5.96. The predicted molar refractivity (Wildman–Crippen MR) is 77.5 cm³/mol. The largest absolute Gasteiger partial charge is 0.311 e. The predicted octanol–water partition coefficient (Wildman–Crippen LogP) is 2.68. The van der Waals surface area contributed by atoms with Crippen LogP contribution in [-0.4, -0.2) is 35.1 Å². The van der Waals surface area contributed by atoms with Crippen molar-refractivity contribution >= 4 is 0 Å². The molecule has 1 aromatic rings. The fraction of sp³-hybridized carbons (Fsp3) is 0.667. The zero-order valence-corrected chi connectivity index (χ0v) is 12.4. The van der Waals surface area contributed by atoms with Crippen LogP contribution in [0.5, 0.6) is 0 Å². The Labute approximate surface area is 112 Å². The standard InChI is InChI=1S/C15H27N3/c1-6-14(11-17-15(2,3)4)18(5)12-13-7-9-16-10-8-13/h7-10,14,17H,6,11-12H2,1-5H3. The van der Waals surface area contributed by atoms with E-state index in [1.165, 1.54) is 5.56 Å². The summed E-state index contributed by atoms with van der Waals surface area (Å²) in [4.78, 5) is 6.47. The summed E-state index contributed by atoms with van der Waals surface area (Å²) in [5, 5.41) is 3.59. The van der Waals surface area contributed by atoms with Crippen LogP contribution in [0.2, 0.25) is 0 Å². The third-order valence-electron chi connectivity index (χ3n) is 3.14. The topological polar surface area (TPSA) is 28.2 Å². The van der Waals surface area contributed by atoms with Crippen LogP contribution in [0.1, 0.15) is 39.7 Å². The summed E-state index contributed by atoms with van der Waals surface area (Å²) < 4.78 is 0. The highest BCUT2D eigenvalue weighted by atomic mass is 15.2. The monoisotopic (exact) mass is 249 g/mol. The first-order valence-corrected chi connectivity index (χ1v) is 6.76. The van der Waals surface area contributed by atoms with Gasteiger partial charge in [0, 0.05) is 37.1 Å². The lowest BCUT2D eigenvalue weighted by molar-refractivity contribution is 0.208. The van der Waals surface area contributed by atoms with Crippen molar-refractivity contribution in [2.45, 2.75) is 52.2 Å². The van der Waals surface area contributed by atoms with E-state index in [4.69, 9.17) is 0 Å². The first kappa shape index (κ1) is 15.1. The summed E-state index contributed by atoms with van der Waals surface area (Å²) in [5.74, 6) is 0. The van der Waals surface area contributed by atoms with E-state index in [1.54, 1.807) is 0 Å². The number of rotatable bonds is 6. The summed E-state index contributed by atoms with van der Waals surface area (Å²) in [7, 11) is 2.19. The normalized spacial score (nSPS) is 13.9. The molecule has 1 unspecified atom stereocenters. The third kappa shape index (κ3) is 5.61. The molecule has 3 heteroatoms. The summed E-state index contributed by atoms with van der Waals surface area (Å²) in [6.45, 7) is 10.9. The molecule has 1 N–H and O–H groups in total. The Kier molecular flexibility index (Phi) is 5.76. The van der Waals surface area contributed by atoms with Crippen LogP contribution in [-0.2, 0) is 6.54 Å². The van der Waals surface area contributed by atoms with Gasteiger partial charge in [-0.05, 0) is 51.9 Å². The molecule has 0 bridgehead atoms. The van der Waals surface area contributed by atoms with E-state index in [9.17, 15) is 0 Å². The van der Waals surface area contributed by atoms with Gasteiger partial charge in [0.2, 0.25) is 0 Å². The molecular formula is C15H27N3. The molecule has 0 aliphatic carbocycles. The lowest BCUT2D eigenvalue weighted by Crippen LogP contribution is -2.46. The number of hydrogen-bond acceptors (Lipinski definition) is 3. The summed E-state index contributed by atoms with van der Waals surface area (Å²) in [6, 6.07) is 4.73. The summed E-state index contributed by atoms with van der Waals surface area (Å²) in [6.07, 6.45) is 4.87. The molecule has 0 fully saturated rings. The molecule has 1 aromatic heterocycles. The van der Waals surface area contributed by atoms with Crippen molar-refractivity contribution in [3.8, 4) is 0 Å². The molecule has 1 rings (SSSR count). The van der Waals surface area contributed by atoms with Crippen LogP contribution < -0.4 is 5.32 Å². The maximum absolute atomic E-state index is 4.06. The van der Waals surface area contributed by atoms with Gasteiger partial charge in [-0.3, -0.25) is 9.88 Å². The van der Waals surface area contributed by atoms with Gasteiger partial charge in [-0.1, -0.05) is 6.92 Å². The molecule has 102 valence electrons. The molecular weight excluding hydrogens is 222 g/mol. The van der Waals surface area contributed by atoms with E-state index in [0.29, 0.717) is 6.04 Å². The zero-order valence-electron chi connectivity index (χ0n) is 12.4. The van der Waals surface area contributed by atoms with Crippen LogP contribution in [0.3, 0.4) is 0 Å². The fourth-order valence-electron chi connectivity index (χ4n) is 1.94. The third-order valence-corrected chi connectivity index (χ3v) is 3.14. The smallest absolute Gasteiger partial charge is 0.0271 e. The van der Waals surface area contributed by atoms with E-state index >= 15 is 0 Å². The van der Waals surface area contributed by atoms with Crippen molar-refractivity contribution in [3.05, 3.63) is 30.1 Å². The minimum absolute atomic E-state index is 0.185. The van der Waals surface area contributed by atoms with Gasteiger partial charge in [-0.25, -0.2) is 0 Å². The maximum atomic E-state index is 4.06. The van der Waals surface area contributed by atoms with Gasteiger partial charge in [0.15, 0.2) is 0 Å². The Balaban J connectivity index is 2.49. The molecule has 3 nitrogen and oxygen atoms in total. The molecule has 0 saturated heterocycles. The van der Waals surface area contributed by atoms with Crippen molar-refractivity contribution in [1.29, 1.82) is 0 Å². The first-order chi connectivity index (χ1) is 8.42. The van der Waals surface area contributed by atoms with E-state index in [-0.39, 0.29) is 5.54 Å². The fourth-order valence-corrected chi connectivity index (χ4v) is 1.94. The minimum atomic E-state index is 0.185. The lowest BCUT2D eigenvalue weighted by atomic mass is 10.1. The average Bonchev–Trinajstić information content (AvgIpc) is 2.29. The van der Waals surface area contributed by atoms with Crippen molar-refractivity contribution in [2.75, 3.05) is 13.6 Å². The van der Waals surface area contributed by atoms with Gasteiger partial charge < -0.3 is 5.32 Å². The number of hydrogen-bond donors (Lipinski definition) is 1. The van der Waals surface area contributed by atoms with E-state index in [2.05, 4.69) is 62.1 Å². The van der Waals surface area contributed by atoms with Crippen molar-refractivity contribution in [2.24, 2.45) is 0 Å². The van der Waals surface area contributed by atoms with E-state index in [1.807, 2.05) is 12.4 Å². The highest BCUT2D eigenvalue weighted by Gasteiger charge is 2.16. The van der Waals surface area contributed by atoms with Crippen molar-refractivity contribution in [3.63, 3.8) is 0 Å². The second-order valence-electron chi connectivity index (χ2n) is 5.96. The molecule has 0 aromatic carbocycles. The molecule has 0 amide bonds. The van der Waals surface area contributed by atoms with Gasteiger partial charge in [0.25, 0.3) is 0 Å². The molecule has 0 spiro atoms. The molecule has 1 heterocycles. The maximum Gasteiger partial charge on any atom is 0.0271 e. The molecule has 0 radical (unpaired) electrons. The highest BCUT2D eigenvalue weighted by Crippen LogP contribution is 2.09. The Morgan fingerprint density at radius 1 is 1.28 bits per heavy atom. The van der Waals surface area contributed by atoms with Crippen molar-refractivity contribution < 1.29 is 0 Å². The molecule has 1 atom stereocenters. The van der Waals surface area contributed by atoms with E-state index in [0.717, 1.165) is 19.5 Å². The quantitative estimate of drug-likeness (QED) is 0.840. The minimum Gasteiger partial charge on any atom is -0.311 e. The van der Waals surface area contributed by atoms with Crippen LogP contribution >= 0.6 is 0 Å². The van der Waals surface area contributed by atoms with Crippen LogP contribution in [0.15, 0.2) is 24.5 Å². The Hall–Kier alpha value is -0.930. The van der Waals surface area contributed by atoms with Crippen LogP contribution in [0, 0.1) is 0 Å². The van der Waals surface area contributed by atoms with Gasteiger partial charge in [0.1, 0.15) is 0 Å². The number of pyridine rings is 1. The Morgan fingerprint density at radius 3 is 2.39 bits per heavy atom. The molecule has 18 heavy (non-hydrogen) atoms. The van der Waals surface area contributed by atoms with Crippen molar-refractivity contribution in [1.82, 2.24) is 15.2 Å². The van der Waals surface area contributed by atoms with Gasteiger partial charge >= 0.3 is 0 Å². The summed E-state index contributed by atoms with van der Waals surface area (Å²) in [5.41, 5.74) is 1.51. The van der Waals surface area contributed by atoms with Gasteiger partial charge in [0.05, 0.1) is 0 Å². The van der Waals surface area contributed by atoms with Gasteiger partial charge in [-0.2, -0.15) is 0 Å². The Bertz CT molecular complexity index is 329. The lowest BCUT2D eigenvalue weighted by Gasteiger charge is -2.31. The highest BCUT2D eigenvalue weighted by molar-refractivity contribution is 5.09. The number of aromatic nitrogens is 1. The van der Waals surface area contributed by atoms with Crippen LogP contribution in [0.25, 0.3) is 0 Å². The first-order valence-electron chi connectivity index (χ1n) is 6.76. The summed E-state index contributed by atoms with van der Waals surface area (Å²) >= 11 is 0. The molecule has 0 saturated carbocycles. The Morgan fingerprint density at radius 2 is 1.89 bits per heavy atom. The number of nitrogens with one attached hydrogen (secondary N) is 1. The van der Waals surface area contributed by atoms with Gasteiger partial charge in [-0.15, -0.1) is 0 Å². The SMILES string of the molecule is CCC(CNC(C)(C)C)N(C)Cc1ccncc1.